The predicted octanol–water partition coefficient (Wildman–Crippen LogP) is 1.89. The number of aromatic nitrogens is 2. The zero-order valence-electron chi connectivity index (χ0n) is 17.9. The van der Waals surface area contributed by atoms with E-state index in [1.54, 1.807) is 0 Å². The van der Waals surface area contributed by atoms with Crippen LogP contribution in [-0.2, 0) is 5.41 Å². The highest BCUT2D eigenvalue weighted by Crippen LogP contribution is 2.48. The molecule has 1 aliphatic heterocycles. The van der Waals surface area contributed by atoms with Gasteiger partial charge in [0.15, 0.2) is 5.96 Å². The highest BCUT2D eigenvalue weighted by Gasteiger charge is 2.43. The minimum atomic E-state index is 0.249. The Morgan fingerprint density at radius 2 is 1.73 bits per heavy atom. The van der Waals surface area contributed by atoms with Gasteiger partial charge in [-0.3, -0.25) is 9.89 Å². The molecule has 0 unspecified atom stereocenters. The second-order valence-corrected chi connectivity index (χ2v) is 8.15. The van der Waals surface area contributed by atoms with Crippen molar-refractivity contribution in [2.24, 2.45) is 4.99 Å². The van der Waals surface area contributed by atoms with Gasteiger partial charge in [-0.25, -0.2) is 9.97 Å². The third-order valence-corrected chi connectivity index (χ3v) is 6.05. The number of anilines is 1. The van der Waals surface area contributed by atoms with Crippen LogP contribution in [0, 0.1) is 0 Å². The fourth-order valence-electron chi connectivity index (χ4n) is 4.01. The Hall–Kier alpha value is -2.67. The highest BCUT2D eigenvalue weighted by molar-refractivity contribution is 5.79. The van der Waals surface area contributed by atoms with Gasteiger partial charge in [0, 0.05) is 63.6 Å². The number of nitrogens with zero attached hydrogens (tertiary/aromatic N) is 5. The van der Waals surface area contributed by atoms with E-state index in [1.807, 2.05) is 18.5 Å². The second kappa shape index (κ2) is 9.89. The monoisotopic (exact) mass is 407 g/mol. The van der Waals surface area contributed by atoms with Crippen molar-refractivity contribution in [3.05, 3.63) is 54.4 Å². The van der Waals surface area contributed by atoms with E-state index in [0.717, 1.165) is 64.3 Å². The van der Waals surface area contributed by atoms with Gasteiger partial charge in [-0.1, -0.05) is 30.3 Å². The molecule has 7 nitrogen and oxygen atoms in total. The van der Waals surface area contributed by atoms with Gasteiger partial charge in [0.05, 0.1) is 6.54 Å². The molecule has 0 radical (unpaired) electrons. The maximum absolute atomic E-state index is 4.91. The number of benzene rings is 1. The summed E-state index contributed by atoms with van der Waals surface area (Å²) in [6.07, 6.45) is 6.08. The first-order valence-corrected chi connectivity index (χ1v) is 11.1. The number of guanidine groups is 1. The van der Waals surface area contributed by atoms with Crippen LogP contribution in [0.25, 0.3) is 0 Å². The Labute approximate surface area is 179 Å². The SMILES string of the molecule is CCNC(=NCC1(c2ccccc2)CC1)NCCN1CCN(c2ncccn2)CC1. The van der Waals surface area contributed by atoms with Gasteiger partial charge in [-0.15, -0.1) is 0 Å². The first kappa shape index (κ1) is 20.6. The van der Waals surface area contributed by atoms with E-state index >= 15 is 0 Å². The summed E-state index contributed by atoms with van der Waals surface area (Å²) in [4.78, 5) is 18.4. The third kappa shape index (κ3) is 5.27. The topological polar surface area (TPSA) is 68.7 Å². The predicted molar refractivity (Wildman–Crippen MR) is 122 cm³/mol. The summed E-state index contributed by atoms with van der Waals surface area (Å²) >= 11 is 0. The number of piperazine rings is 1. The Morgan fingerprint density at radius 3 is 2.40 bits per heavy atom. The normalized spacial score (nSPS) is 18.8. The van der Waals surface area contributed by atoms with E-state index < -0.39 is 0 Å². The largest absolute Gasteiger partial charge is 0.357 e. The van der Waals surface area contributed by atoms with Crippen molar-refractivity contribution in [3.63, 3.8) is 0 Å². The van der Waals surface area contributed by atoms with Gasteiger partial charge in [0.25, 0.3) is 0 Å². The molecule has 0 bridgehead atoms. The molecule has 160 valence electrons. The number of hydrogen-bond acceptors (Lipinski definition) is 5. The van der Waals surface area contributed by atoms with Crippen LogP contribution in [0.3, 0.4) is 0 Å². The van der Waals surface area contributed by atoms with E-state index in [-0.39, 0.29) is 5.41 Å². The maximum atomic E-state index is 4.91. The quantitative estimate of drug-likeness (QED) is 0.515. The van der Waals surface area contributed by atoms with Gasteiger partial charge in [0.2, 0.25) is 5.95 Å². The molecule has 0 spiro atoms. The van der Waals surface area contributed by atoms with Crippen LogP contribution in [0.5, 0.6) is 0 Å². The number of rotatable bonds is 8. The molecule has 0 amide bonds. The van der Waals surface area contributed by atoms with Crippen LogP contribution >= 0.6 is 0 Å². The van der Waals surface area contributed by atoms with Crippen molar-refractivity contribution in [2.75, 3.05) is 57.3 Å². The standard InChI is InChI=1S/C23H33N7/c1-2-24-21(28-19-23(9-10-23)20-7-4-3-5-8-20)25-13-14-29-15-17-30(18-16-29)22-26-11-6-12-27-22/h3-8,11-12H,2,9-10,13-19H2,1H3,(H2,24,25,28). The number of hydrogen-bond donors (Lipinski definition) is 2. The van der Waals surface area contributed by atoms with E-state index in [2.05, 4.69) is 67.7 Å². The van der Waals surface area contributed by atoms with E-state index in [9.17, 15) is 0 Å². The molecular formula is C23H33N7. The van der Waals surface area contributed by atoms with Crippen LogP contribution in [0.15, 0.2) is 53.8 Å². The molecule has 1 aliphatic carbocycles. The van der Waals surface area contributed by atoms with Crippen LogP contribution in [-0.4, -0.2) is 73.2 Å². The lowest BCUT2D eigenvalue weighted by atomic mass is 9.96. The lowest BCUT2D eigenvalue weighted by Gasteiger charge is -2.34. The minimum absolute atomic E-state index is 0.249. The van der Waals surface area contributed by atoms with Crippen LogP contribution in [0.1, 0.15) is 25.3 Å². The summed E-state index contributed by atoms with van der Waals surface area (Å²) in [5.41, 5.74) is 1.67. The van der Waals surface area contributed by atoms with Gasteiger partial charge >= 0.3 is 0 Å². The molecule has 1 aromatic carbocycles. The first-order valence-electron chi connectivity index (χ1n) is 11.1. The van der Waals surface area contributed by atoms with Crippen molar-refractivity contribution in [2.45, 2.75) is 25.2 Å². The molecule has 2 N–H and O–H groups in total. The van der Waals surface area contributed by atoms with Crippen molar-refractivity contribution >= 4 is 11.9 Å². The van der Waals surface area contributed by atoms with E-state index in [4.69, 9.17) is 4.99 Å². The molecule has 0 atom stereocenters. The van der Waals surface area contributed by atoms with Gasteiger partial charge in [-0.05, 0) is 31.4 Å². The third-order valence-electron chi connectivity index (χ3n) is 6.05. The van der Waals surface area contributed by atoms with E-state index in [1.165, 1.54) is 18.4 Å². The van der Waals surface area contributed by atoms with Crippen LogP contribution in [0.4, 0.5) is 5.95 Å². The summed E-state index contributed by atoms with van der Waals surface area (Å²) in [6.45, 7) is 9.75. The van der Waals surface area contributed by atoms with Gasteiger partial charge in [-0.2, -0.15) is 0 Å². The van der Waals surface area contributed by atoms with Crippen molar-refractivity contribution < 1.29 is 0 Å². The fourth-order valence-corrected chi connectivity index (χ4v) is 4.01. The Balaban J connectivity index is 1.22. The summed E-state index contributed by atoms with van der Waals surface area (Å²) in [5.74, 6) is 1.76. The summed E-state index contributed by atoms with van der Waals surface area (Å²) in [6, 6.07) is 12.7. The number of nitrogens with one attached hydrogen (secondary N) is 2. The molecule has 4 rings (SSSR count). The smallest absolute Gasteiger partial charge is 0.225 e. The zero-order valence-corrected chi connectivity index (χ0v) is 17.9. The first-order chi connectivity index (χ1) is 14.8. The molecule has 1 aromatic heterocycles. The molecule has 1 saturated carbocycles. The Morgan fingerprint density at radius 1 is 1.00 bits per heavy atom. The minimum Gasteiger partial charge on any atom is -0.357 e. The van der Waals surface area contributed by atoms with Gasteiger partial charge in [0.1, 0.15) is 0 Å². The lowest BCUT2D eigenvalue weighted by molar-refractivity contribution is 0.260. The van der Waals surface area contributed by atoms with Crippen LogP contribution in [0.2, 0.25) is 0 Å². The molecule has 2 aliphatic rings. The molecule has 2 aromatic rings. The van der Waals surface area contributed by atoms with Gasteiger partial charge < -0.3 is 15.5 Å². The van der Waals surface area contributed by atoms with E-state index in [0.29, 0.717) is 0 Å². The summed E-state index contributed by atoms with van der Waals surface area (Å²) in [5, 5.41) is 6.92. The lowest BCUT2D eigenvalue weighted by Crippen LogP contribution is -2.49. The van der Waals surface area contributed by atoms with Crippen molar-refractivity contribution in [1.82, 2.24) is 25.5 Å². The Bertz CT molecular complexity index is 797. The molecule has 7 heteroatoms. The molecule has 30 heavy (non-hydrogen) atoms. The maximum Gasteiger partial charge on any atom is 0.225 e. The number of aliphatic imine (C=N–C) groups is 1. The van der Waals surface area contributed by atoms with Crippen molar-refractivity contribution in [1.29, 1.82) is 0 Å². The molecular weight excluding hydrogens is 374 g/mol. The average molecular weight is 408 g/mol. The summed E-state index contributed by atoms with van der Waals surface area (Å²) in [7, 11) is 0. The van der Waals surface area contributed by atoms with Crippen LogP contribution < -0.4 is 15.5 Å². The molecule has 2 fully saturated rings. The second-order valence-electron chi connectivity index (χ2n) is 8.15. The average Bonchev–Trinajstić information content (AvgIpc) is 3.60. The Kier molecular flexibility index (Phi) is 6.79. The molecule has 2 heterocycles. The fraction of sp³-hybridized carbons (Fsp3) is 0.522. The highest BCUT2D eigenvalue weighted by atomic mass is 15.3. The molecule has 1 saturated heterocycles. The zero-order chi connectivity index (χ0) is 20.7. The van der Waals surface area contributed by atoms with Crippen molar-refractivity contribution in [3.8, 4) is 0 Å². The summed E-state index contributed by atoms with van der Waals surface area (Å²) < 4.78 is 0.